The number of nitrogens with one attached hydrogen (secondary N) is 1. The van der Waals surface area contributed by atoms with Crippen LogP contribution in [-0.2, 0) is 0 Å². The zero-order valence-corrected chi connectivity index (χ0v) is 9.21. The lowest BCUT2D eigenvalue weighted by atomic mass is 10.2. The van der Waals surface area contributed by atoms with Gasteiger partial charge in [0.15, 0.2) is 0 Å². The quantitative estimate of drug-likeness (QED) is 0.608. The average Bonchev–Trinajstić information content (AvgIpc) is 2.26. The summed E-state index contributed by atoms with van der Waals surface area (Å²) in [7, 11) is 0. The van der Waals surface area contributed by atoms with Gasteiger partial charge in [-0.2, -0.15) is 10.5 Å². The Morgan fingerprint density at radius 1 is 1.44 bits per heavy atom. The molecule has 0 spiro atoms. The number of halogens is 1. The van der Waals surface area contributed by atoms with E-state index in [-0.39, 0.29) is 11.3 Å². The van der Waals surface area contributed by atoms with Crippen molar-refractivity contribution in [1.29, 1.82) is 10.5 Å². The Morgan fingerprint density at radius 2 is 2.06 bits per heavy atom. The highest BCUT2D eigenvalue weighted by atomic mass is 35.5. The van der Waals surface area contributed by atoms with Crippen LogP contribution in [0.2, 0.25) is 5.02 Å². The molecule has 4 nitrogen and oxygen atoms in total. The lowest BCUT2D eigenvalue weighted by Crippen LogP contribution is -1.91. The topological polar surface area (TPSA) is 79.8 Å². The molecule has 0 radical (unpaired) electrons. The Morgan fingerprint density at radius 3 is 2.62 bits per heavy atom. The smallest absolute Gasteiger partial charge is 0.145 e. The van der Waals surface area contributed by atoms with Crippen LogP contribution in [0.15, 0.2) is 23.9 Å². The van der Waals surface area contributed by atoms with Crippen molar-refractivity contribution >= 4 is 17.3 Å². The number of hydrogen-bond acceptors (Lipinski definition) is 4. The molecule has 1 aromatic rings. The normalized spacial score (nSPS) is 8.75. The van der Waals surface area contributed by atoms with Crippen molar-refractivity contribution in [3.63, 3.8) is 0 Å². The van der Waals surface area contributed by atoms with E-state index in [1.165, 1.54) is 18.3 Å². The van der Waals surface area contributed by atoms with Crippen molar-refractivity contribution in [3.8, 4) is 17.9 Å². The minimum Gasteiger partial charge on any atom is -0.506 e. The largest absolute Gasteiger partial charge is 0.506 e. The number of allylic oxidation sites excluding steroid dienone is 1. The first-order valence-electron chi connectivity index (χ1n) is 4.34. The third kappa shape index (κ3) is 2.66. The van der Waals surface area contributed by atoms with Gasteiger partial charge in [0, 0.05) is 11.2 Å². The van der Waals surface area contributed by atoms with Crippen LogP contribution in [0.5, 0.6) is 5.75 Å². The number of aromatic hydroxyl groups is 1. The minimum absolute atomic E-state index is 0.00776. The summed E-state index contributed by atoms with van der Waals surface area (Å²) in [4.78, 5) is 0. The number of phenolic OH excluding ortho intramolecular Hbond substituents is 1. The fourth-order valence-electron chi connectivity index (χ4n) is 1.02. The molecule has 80 valence electrons. The number of phenols is 1. The van der Waals surface area contributed by atoms with Gasteiger partial charge in [0.25, 0.3) is 0 Å². The Kier molecular flexibility index (Phi) is 3.77. The first kappa shape index (κ1) is 11.9. The molecule has 0 unspecified atom stereocenters. The number of hydrogen-bond donors (Lipinski definition) is 2. The van der Waals surface area contributed by atoms with E-state index >= 15 is 0 Å². The van der Waals surface area contributed by atoms with E-state index in [1.54, 1.807) is 19.1 Å². The van der Waals surface area contributed by atoms with Crippen LogP contribution in [0, 0.1) is 29.6 Å². The molecule has 0 aliphatic carbocycles. The molecule has 0 aliphatic rings. The lowest BCUT2D eigenvalue weighted by Gasteiger charge is -2.06. The predicted octanol–water partition coefficient (Wildman–Crippen LogP) is 2.70. The number of rotatable bonds is 2. The lowest BCUT2D eigenvalue weighted by molar-refractivity contribution is 0.477. The maximum Gasteiger partial charge on any atom is 0.145 e. The zero-order chi connectivity index (χ0) is 12.1. The van der Waals surface area contributed by atoms with E-state index in [0.29, 0.717) is 10.7 Å². The molecule has 5 heteroatoms. The van der Waals surface area contributed by atoms with Crippen molar-refractivity contribution in [1.82, 2.24) is 0 Å². The van der Waals surface area contributed by atoms with E-state index in [9.17, 15) is 5.11 Å². The van der Waals surface area contributed by atoms with Crippen LogP contribution in [-0.4, -0.2) is 5.11 Å². The molecule has 0 bridgehead atoms. The SMILES string of the molecule is Cc1cc(O)c(NC=C(C#N)C#N)cc1Cl. The molecule has 0 heterocycles. The Hall–Kier alpha value is -2.17. The Labute approximate surface area is 98.0 Å². The summed E-state index contributed by atoms with van der Waals surface area (Å²) >= 11 is 5.87. The standard InChI is InChI=1S/C11H8ClN3O/c1-7-2-11(16)10(3-9(7)12)15-6-8(4-13)5-14/h2-3,6,15-16H,1H3. The molecule has 0 amide bonds. The molecule has 0 aromatic heterocycles. The Bertz CT molecular complexity index is 507. The van der Waals surface area contributed by atoms with Gasteiger partial charge in [0.05, 0.1) is 5.69 Å². The molecule has 1 rings (SSSR count). The number of aryl methyl sites for hydroxylation is 1. The van der Waals surface area contributed by atoms with Crippen LogP contribution in [0.4, 0.5) is 5.69 Å². The first-order valence-corrected chi connectivity index (χ1v) is 4.72. The van der Waals surface area contributed by atoms with E-state index < -0.39 is 0 Å². The summed E-state index contributed by atoms with van der Waals surface area (Å²) < 4.78 is 0. The van der Waals surface area contributed by atoms with Crippen molar-refractivity contribution < 1.29 is 5.11 Å². The van der Waals surface area contributed by atoms with Crippen LogP contribution < -0.4 is 5.32 Å². The number of benzene rings is 1. The molecular formula is C11H8ClN3O. The second-order valence-electron chi connectivity index (χ2n) is 3.04. The van der Waals surface area contributed by atoms with Gasteiger partial charge in [-0.25, -0.2) is 0 Å². The third-order valence-corrected chi connectivity index (χ3v) is 2.30. The highest BCUT2D eigenvalue weighted by Gasteiger charge is 2.04. The number of anilines is 1. The summed E-state index contributed by atoms with van der Waals surface area (Å²) in [5, 5.41) is 29.7. The van der Waals surface area contributed by atoms with Crippen molar-refractivity contribution in [2.75, 3.05) is 5.32 Å². The van der Waals surface area contributed by atoms with Gasteiger partial charge < -0.3 is 10.4 Å². The maximum atomic E-state index is 9.56. The van der Waals surface area contributed by atoms with Crippen LogP contribution in [0.1, 0.15) is 5.56 Å². The molecule has 2 N–H and O–H groups in total. The van der Waals surface area contributed by atoms with Crippen molar-refractivity contribution in [2.45, 2.75) is 6.92 Å². The summed E-state index contributed by atoms with van der Waals surface area (Å²) in [6.07, 6.45) is 1.21. The maximum absolute atomic E-state index is 9.56. The van der Waals surface area contributed by atoms with Crippen LogP contribution in [0.25, 0.3) is 0 Å². The molecule has 16 heavy (non-hydrogen) atoms. The van der Waals surface area contributed by atoms with Crippen molar-refractivity contribution in [3.05, 3.63) is 34.5 Å². The molecule has 1 aromatic carbocycles. The van der Waals surface area contributed by atoms with E-state index in [1.807, 2.05) is 0 Å². The molecule has 0 fully saturated rings. The second kappa shape index (κ2) is 5.06. The fraction of sp³-hybridized carbons (Fsp3) is 0.0909. The van der Waals surface area contributed by atoms with Crippen LogP contribution in [0.3, 0.4) is 0 Å². The predicted molar refractivity (Wildman–Crippen MR) is 60.8 cm³/mol. The van der Waals surface area contributed by atoms with Gasteiger partial charge in [-0.1, -0.05) is 11.6 Å². The van der Waals surface area contributed by atoms with E-state index in [0.717, 1.165) is 5.56 Å². The highest BCUT2D eigenvalue weighted by Crippen LogP contribution is 2.29. The van der Waals surface area contributed by atoms with E-state index in [4.69, 9.17) is 22.1 Å². The van der Waals surface area contributed by atoms with Gasteiger partial charge in [0.2, 0.25) is 0 Å². The van der Waals surface area contributed by atoms with Crippen molar-refractivity contribution in [2.24, 2.45) is 0 Å². The third-order valence-electron chi connectivity index (χ3n) is 1.89. The molecular weight excluding hydrogens is 226 g/mol. The second-order valence-corrected chi connectivity index (χ2v) is 3.45. The highest BCUT2D eigenvalue weighted by molar-refractivity contribution is 6.31. The van der Waals surface area contributed by atoms with Gasteiger partial charge >= 0.3 is 0 Å². The number of nitriles is 2. The molecule has 0 saturated carbocycles. The monoisotopic (exact) mass is 233 g/mol. The van der Waals surface area contributed by atoms with Gasteiger partial charge in [-0.3, -0.25) is 0 Å². The van der Waals surface area contributed by atoms with Gasteiger partial charge in [-0.05, 0) is 24.6 Å². The molecule has 0 saturated heterocycles. The van der Waals surface area contributed by atoms with Gasteiger partial charge in [-0.15, -0.1) is 0 Å². The fourth-order valence-corrected chi connectivity index (χ4v) is 1.19. The summed E-state index contributed by atoms with van der Waals surface area (Å²) in [6.45, 7) is 1.76. The minimum atomic E-state index is -0.0869. The number of nitrogens with zero attached hydrogens (tertiary/aromatic N) is 2. The van der Waals surface area contributed by atoms with E-state index in [2.05, 4.69) is 5.32 Å². The molecule has 0 atom stereocenters. The summed E-state index contributed by atoms with van der Waals surface area (Å²) in [5.74, 6) is 0.00776. The summed E-state index contributed by atoms with van der Waals surface area (Å²) in [6, 6.07) is 6.40. The van der Waals surface area contributed by atoms with Gasteiger partial charge in [0.1, 0.15) is 23.5 Å². The Balaban J connectivity index is 3.01. The molecule has 0 aliphatic heterocycles. The first-order chi connectivity index (χ1) is 7.58. The average molecular weight is 234 g/mol. The summed E-state index contributed by atoms with van der Waals surface area (Å²) in [5.41, 5.74) is 1.00. The zero-order valence-electron chi connectivity index (χ0n) is 8.45. The van der Waals surface area contributed by atoms with Crippen LogP contribution >= 0.6 is 11.6 Å².